The smallest absolute Gasteiger partial charge is 0.144 e. The predicted molar refractivity (Wildman–Crippen MR) is 381 cm³/mol. The third-order valence-electron chi connectivity index (χ3n) is 23.3. The van der Waals surface area contributed by atoms with Crippen molar-refractivity contribution in [2.45, 2.75) is 103 Å². The Kier molecular flexibility index (Phi) is 9.75. The number of rotatable bonds is 4. The number of hydrogen-bond acceptors (Lipinski definition) is 4. The summed E-state index contributed by atoms with van der Waals surface area (Å²) in [5, 5.41) is 7.09. The second-order valence-electron chi connectivity index (χ2n) is 29.9. The van der Waals surface area contributed by atoms with Gasteiger partial charge in [-0.2, -0.15) is 0 Å². The van der Waals surface area contributed by atoms with E-state index in [2.05, 4.69) is 287 Å². The molecular formula is C88H67NO3. The van der Waals surface area contributed by atoms with Gasteiger partial charge in [0.2, 0.25) is 0 Å². The maximum atomic E-state index is 7.12. The fraction of sp³-hybridized carbons (Fsp3) is 0.182. The Morgan fingerprint density at radius 2 is 0.696 bits per heavy atom. The lowest BCUT2D eigenvalue weighted by atomic mass is 9.72. The van der Waals surface area contributed by atoms with Gasteiger partial charge in [0.1, 0.15) is 33.5 Å². The summed E-state index contributed by atoms with van der Waals surface area (Å²) in [6.07, 6.45) is 0. The molecule has 15 aromatic rings. The van der Waals surface area contributed by atoms with E-state index in [1.807, 2.05) is 0 Å². The third kappa shape index (κ3) is 6.29. The molecule has 0 saturated carbocycles. The summed E-state index contributed by atoms with van der Waals surface area (Å²) in [6, 6.07) is 77.8. The van der Waals surface area contributed by atoms with Gasteiger partial charge in [0.25, 0.3) is 0 Å². The highest BCUT2D eigenvalue weighted by molar-refractivity contribution is 6.22. The molecule has 92 heavy (non-hydrogen) atoms. The molecule has 0 atom stereocenters. The van der Waals surface area contributed by atoms with Crippen LogP contribution in [0.1, 0.15) is 130 Å². The topological polar surface area (TPSA) is 42.7 Å². The van der Waals surface area contributed by atoms with Crippen LogP contribution >= 0.6 is 0 Å². The van der Waals surface area contributed by atoms with Gasteiger partial charge in [-0.15, -0.1) is 0 Å². The Bertz CT molecular complexity index is 5940. The number of hydrogen-bond donors (Lipinski definition) is 0. The van der Waals surface area contributed by atoms with Gasteiger partial charge in [-0.05, 0) is 203 Å². The molecule has 0 aliphatic heterocycles. The molecule has 5 aliphatic rings. The normalized spacial score (nSPS) is 16.4. The monoisotopic (exact) mass is 1190 g/mol. The molecule has 0 radical (unpaired) electrons. The minimum Gasteiger partial charge on any atom is -0.456 e. The summed E-state index contributed by atoms with van der Waals surface area (Å²) < 4.78 is 20.7. The standard InChI is InChI=1S/C88H67NO3/c1-46-22-12-13-23-50(46)59-44-68-73(77-56-26-16-20-30-70(56)91-82(59)77)53-36-33-48(41-64(53)86(68,6)7)89(47-32-35-51-58-43-67-60(45-66(58)85(4,5)63(51)40-47)74-62(84(67,2)3)38-39-72-75(74)55-25-15-19-29-69(55)90-72)49-34-37-54-65(42-49)88(10,11)80-76(54)78-57-27-17-21-31-71(57)92-83(78)79-52-24-14-18-28-61(52)87(8,9)81(79)80/h12-45H,1-11H3. The number of benzene rings is 12. The first-order valence-corrected chi connectivity index (χ1v) is 32.9. The van der Waals surface area contributed by atoms with Crippen molar-refractivity contribution in [2.24, 2.45) is 0 Å². The maximum absolute atomic E-state index is 7.12. The Morgan fingerprint density at radius 3 is 1.37 bits per heavy atom. The quantitative estimate of drug-likeness (QED) is 0.176. The molecule has 0 bridgehead atoms. The Balaban J connectivity index is 0.807. The lowest BCUT2D eigenvalue weighted by Crippen LogP contribution is -2.24. The van der Waals surface area contributed by atoms with Crippen LogP contribution in [0.25, 0.3) is 133 Å². The fourth-order valence-electron chi connectivity index (χ4n) is 18.8. The molecule has 3 heterocycles. The minimum atomic E-state index is -0.389. The number of para-hydroxylation sites is 3. The zero-order valence-corrected chi connectivity index (χ0v) is 53.8. The lowest BCUT2D eigenvalue weighted by Gasteiger charge is -2.32. The van der Waals surface area contributed by atoms with Gasteiger partial charge in [-0.1, -0.05) is 197 Å². The van der Waals surface area contributed by atoms with Crippen LogP contribution in [-0.2, 0) is 27.1 Å². The van der Waals surface area contributed by atoms with E-state index in [1.54, 1.807) is 0 Å². The highest BCUT2D eigenvalue weighted by Crippen LogP contribution is 2.65. The average molecular weight is 1190 g/mol. The van der Waals surface area contributed by atoms with Crippen LogP contribution in [0.5, 0.6) is 0 Å². The van der Waals surface area contributed by atoms with Crippen molar-refractivity contribution in [3.8, 4) is 66.8 Å². The fourth-order valence-corrected chi connectivity index (χ4v) is 18.8. The van der Waals surface area contributed by atoms with Crippen LogP contribution in [0.4, 0.5) is 17.1 Å². The predicted octanol–water partition coefficient (Wildman–Crippen LogP) is 24.4. The van der Waals surface area contributed by atoms with E-state index >= 15 is 0 Å². The van der Waals surface area contributed by atoms with Gasteiger partial charge in [-0.25, -0.2) is 0 Å². The van der Waals surface area contributed by atoms with Gasteiger partial charge >= 0.3 is 0 Å². The van der Waals surface area contributed by atoms with Gasteiger partial charge in [0, 0.05) is 87.6 Å². The summed E-state index contributed by atoms with van der Waals surface area (Å²) in [4.78, 5) is 2.58. The molecule has 3 aromatic heterocycles. The van der Waals surface area contributed by atoms with Crippen molar-refractivity contribution in [3.05, 3.63) is 267 Å². The first-order chi connectivity index (χ1) is 44.3. The third-order valence-corrected chi connectivity index (χ3v) is 23.3. The second kappa shape index (κ2) is 17.1. The average Bonchev–Trinajstić information content (AvgIpc) is 1.54. The van der Waals surface area contributed by atoms with E-state index in [9.17, 15) is 0 Å². The summed E-state index contributed by atoms with van der Waals surface area (Å²) >= 11 is 0. The molecule has 0 amide bonds. The summed E-state index contributed by atoms with van der Waals surface area (Å²) in [5.41, 5.74) is 37.3. The van der Waals surface area contributed by atoms with Gasteiger partial charge in [0.05, 0.1) is 0 Å². The number of fused-ring (bicyclic) bond motifs is 29. The lowest BCUT2D eigenvalue weighted by molar-refractivity contribution is 0.600. The van der Waals surface area contributed by atoms with Crippen LogP contribution < -0.4 is 4.90 Å². The Hall–Kier alpha value is -10.2. The van der Waals surface area contributed by atoms with Gasteiger partial charge in [0.15, 0.2) is 0 Å². The molecule has 0 spiro atoms. The first kappa shape index (κ1) is 52.6. The Labute approximate surface area is 535 Å². The molecule has 4 heteroatoms. The van der Waals surface area contributed by atoms with E-state index in [4.69, 9.17) is 13.3 Å². The highest BCUT2D eigenvalue weighted by atomic mass is 16.3. The molecule has 12 aromatic carbocycles. The molecule has 442 valence electrons. The zero-order valence-electron chi connectivity index (χ0n) is 53.8. The molecule has 5 aliphatic carbocycles. The van der Waals surface area contributed by atoms with Crippen LogP contribution in [0.15, 0.2) is 220 Å². The largest absolute Gasteiger partial charge is 0.456 e. The molecule has 0 fully saturated rings. The van der Waals surface area contributed by atoms with Gasteiger partial charge in [-0.3, -0.25) is 0 Å². The highest BCUT2D eigenvalue weighted by Gasteiger charge is 2.50. The van der Waals surface area contributed by atoms with Gasteiger partial charge < -0.3 is 18.2 Å². The molecule has 20 rings (SSSR count). The first-order valence-electron chi connectivity index (χ1n) is 32.9. The molecular weight excluding hydrogens is 1120 g/mol. The van der Waals surface area contributed by atoms with Crippen molar-refractivity contribution >= 4 is 82.9 Å². The number of furan rings is 3. The van der Waals surface area contributed by atoms with Crippen molar-refractivity contribution < 1.29 is 13.3 Å². The number of aryl methyl sites for hydroxylation is 1. The van der Waals surface area contributed by atoms with Crippen molar-refractivity contribution in [2.75, 3.05) is 4.90 Å². The van der Waals surface area contributed by atoms with Crippen LogP contribution in [0.2, 0.25) is 0 Å². The second-order valence-corrected chi connectivity index (χ2v) is 29.9. The van der Waals surface area contributed by atoms with Crippen LogP contribution in [0, 0.1) is 6.92 Å². The van der Waals surface area contributed by atoms with E-state index in [0.29, 0.717) is 0 Å². The zero-order chi connectivity index (χ0) is 62.2. The van der Waals surface area contributed by atoms with Crippen LogP contribution in [-0.4, -0.2) is 0 Å². The van der Waals surface area contributed by atoms with E-state index in [1.165, 1.54) is 144 Å². The number of nitrogens with zero attached hydrogens (tertiary/aromatic N) is 1. The SMILES string of the molecule is Cc1ccccc1-c1cc2c(c3c1oc1ccccc13)-c1ccc(N(c3ccc4c(c3)C(C)(C)c3cc5c(cc3-4)C(C)(C)c3ccc4oc6ccccc6c4c3-5)c3ccc4c(c3)C(C)(C)c3c5c(c6oc7ccccc7c6c3-4)-c3ccccc3C5(C)C)cc1C2(C)C. The number of anilines is 3. The van der Waals surface area contributed by atoms with Crippen molar-refractivity contribution in [1.29, 1.82) is 0 Å². The van der Waals surface area contributed by atoms with E-state index in [0.717, 1.165) is 66.9 Å². The molecule has 0 unspecified atom stereocenters. The minimum absolute atomic E-state index is 0.216. The Morgan fingerprint density at radius 1 is 0.261 bits per heavy atom. The van der Waals surface area contributed by atoms with Crippen LogP contribution in [0.3, 0.4) is 0 Å². The molecule has 4 nitrogen and oxygen atoms in total. The van der Waals surface area contributed by atoms with Crippen molar-refractivity contribution in [3.63, 3.8) is 0 Å². The van der Waals surface area contributed by atoms with E-state index < -0.39 is 0 Å². The summed E-state index contributed by atoms with van der Waals surface area (Å²) in [6.45, 7) is 26.6. The van der Waals surface area contributed by atoms with E-state index in [-0.39, 0.29) is 27.1 Å². The molecule has 0 saturated heterocycles. The van der Waals surface area contributed by atoms with Crippen molar-refractivity contribution in [1.82, 2.24) is 0 Å². The summed E-state index contributed by atoms with van der Waals surface area (Å²) in [5.74, 6) is 0. The maximum Gasteiger partial charge on any atom is 0.144 e. The molecule has 0 N–H and O–H groups in total. The summed E-state index contributed by atoms with van der Waals surface area (Å²) in [7, 11) is 0.